The fraction of sp³-hybridized carbons (Fsp3) is 0.0909. The summed E-state index contributed by atoms with van der Waals surface area (Å²) in [5.41, 5.74) is 1.62. The number of nitrogen functional groups attached to an aromatic ring is 1. The highest BCUT2D eigenvalue weighted by atomic mass is 32.2. The highest BCUT2D eigenvalue weighted by molar-refractivity contribution is 7.99. The number of rotatable bonds is 3. The van der Waals surface area contributed by atoms with Crippen LogP contribution in [0.5, 0.6) is 0 Å². The first kappa shape index (κ1) is 13.6. The lowest BCUT2D eigenvalue weighted by molar-refractivity contribution is -0.137. The van der Waals surface area contributed by atoms with E-state index in [4.69, 9.17) is 5.84 Å². The number of hydrogen-bond donors (Lipinski definition) is 2. The number of alkyl halides is 3. The molecule has 0 spiro atoms. The summed E-state index contributed by atoms with van der Waals surface area (Å²) in [5.74, 6) is 5.69. The maximum absolute atomic E-state index is 12.4. The molecule has 0 atom stereocenters. The topological polar surface area (TPSA) is 63.8 Å². The van der Waals surface area contributed by atoms with E-state index >= 15 is 0 Å². The summed E-state index contributed by atoms with van der Waals surface area (Å²) in [6.07, 6.45) is -2.02. The smallest absolute Gasteiger partial charge is 0.308 e. The van der Waals surface area contributed by atoms with E-state index in [0.29, 0.717) is 10.8 Å². The van der Waals surface area contributed by atoms with Crippen LogP contribution in [0, 0.1) is 0 Å². The lowest BCUT2D eigenvalue weighted by Gasteiger charge is -2.07. The molecule has 4 nitrogen and oxygen atoms in total. The largest absolute Gasteiger partial charge is 0.417 e. The molecule has 0 aliphatic rings. The van der Waals surface area contributed by atoms with Crippen molar-refractivity contribution in [3.05, 3.63) is 42.2 Å². The van der Waals surface area contributed by atoms with Gasteiger partial charge in [0.25, 0.3) is 0 Å². The van der Waals surface area contributed by atoms with Gasteiger partial charge in [0.1, 0.15) is 10.8 Å². The molecule has 0 aliphatic carbocycles. The van der Waals surface area contributed by atoms with Crippen molar-refractivity contribution in [1.29, 1.82) is 0 Å². The summed E-state index contributed by atoms with van der Waals surface area (Å²) in [7, 11) is 0. The maximum Gasteiger partial charge on any atom is 0.417 e. The van der Waals surface area contributed by atoms with Gasteiger partial charge in [-0.25, -0.2) is 15.8 Å². The average molecular weight is 286 g/mol. The molecule has 0 saturated heterocycles. The van der Waals surface area contributed by atoms with E-state index in [1.807, 2.05) is 0 Å². The van der Waals surface area contributed by atoms with E-state index in [-0.39, 0.29) is 0 Å². The van der Waals surface area contributed by atoms with Crippen LogP contribution < -0.4 is 11.3 Å². The van der Waals surface area contributed by atoms with Crippen LogP contribution in [0.25, 0.3) is 0 Å². The van der Waals surface area contributed by atoms with E-state index in [2.05, 4.69) is 15.4 Å². The van der Waals surface area contributed by atoms with Crippen LogP contribution in [0.15, 0.2) is 46.6 Å². The maximum atomic E-state index is 12.4. The first-order chi connectivity index (χ1) is 8.99. The molecule has 0 radical (unpaired) electrons. The number of hydrazine groups is 1. The third-order valence-electron chi connectivity index (χ3n) is 2.17. The van der Waals surface area contributed by atoms with Gasteiger partial charge in [-0.2, -0.15) is 13.2 Å². The minimum Gasteiger partial charge on any atom is -0.308 e. The summed E-state index contributed by atoms with van der Waals surface area (Å²) >= 11 is 1.22. The van der Waals surface area contributed by atoms with Crippen LogP contribution in [-0.4, -0.2) is 9.97 Å². The SMILES string of the molecule is NNc1cc(Sc2ccc(C(F)(F)F)cn2)ccn1. The molecule has 0 unspecified atom stereocenters. The Kier molecular flexibility index (Phi) is 3.91. The number of nitrogens with one attached hydrogen (secondary N) is 1. The minimum absolute atomic E-state index is 0.460. The molecule has 0 aromatic carbocycles. The van der Waals surface area contributed by atoms with Gasteiger partial charge < -0.3 is 5.43 Å². The van der Waals surface area contributed by atoms with Gasteiger partial charge in [0.2, 0.25) is 0 Å². The Labute approximate surface area is 111 Å². The molecular formula is C11H9F3N4S. The summed E-state index contributed by atoms with van der Waals surface area (Å²) in [6.45, 7) is 0. The molecule has 0 fully saturated rings. The Balaban J connectivity index is 2.15. The number of pyridine rings is 2. The molecular weight excluding hydrogens is 277 g/mol. The first-order valence-corrected chi connectivity index (χ1v) is 5.94. The standard InChI is InChI=1S/C11H9F3N4S/c12-11(13,14)7-1-2-10(17-6-7)19-8-3-4-16-9(5-8)18-15/h1-6H,15H2,(H,16,18). The van der Waals surface area contributed by atoms with Crippen molar-refractivity contribution in [3.63, 3.8) is 0 Å². The van der Waals surface area contributed by atoms with E-state index in [0.717, 1.165) is 17.2 Å². The number of nitrogens with zero attached hydrogens (tertiary/aromatic N) is 2. The van der Waals surface area contributed by atoms with Gasteiger partial charge in [0.15, 0.2) is 0 Å². The van der Waals surface area contributed by atoms with Crippen LogP contribution in [-0.2, 0) is 6.18 Å². The molecule has 100 valence electrons. The second-order valence-electron chi connectivity index (χ2n) is 3.51. The Morgan fingerprint density at radius 1 is 1.16 bits per heavy atom. The molecule has 0 bridgehead atoms. The van der Waals surface area contributed by atoms with Gasteiger partial charge in [-0.05, 0) is 24.3 Å². The van der Waals surface area contributed by atoms with Crippen LogP contribution in [0.4, 0.5) is 19.0 Å². The van der Waals surface area contributed by atoms with Crippen molar-refractivity contribution in [2.75, 3.05) is 5.43 Å². The van der Waals surface area contributed by atoms with E-state index in [1.54, 1.807) is 18.3 Å². The van der Waals surface area contributed by atoms with Gasteiger partial charge in [0, 0.05) is 17.3 Å². The summed E-state index contributed by atoms with van der Waals surface area (Å²) in [4.78, 5) is 8.47. The number of nitrogens with two attached hydrogens (primary N) is 1. The zero-order chi connectivity index (χ0) is 13.9. The summed E-state index contributed by atoms with van der Waals surface area (Å²) in [5, 5.41) is 0.460. The fourth-order valence-corrected chi connectivity index (χ4v) is 2.07. The molecule has 2 heterocycles. The lowest BCUT2D eigenvalue weighted by Crippen LogP contribution is -2.08. The molecule has 2 aromatic heterocycles. The Hall–Kier alpha value is -1.80. The van der Waals surface area contributed by atoms with E-state index in [9.17, 15) is 13.2 Å². The molecule has 0 saturated carbocycles. The van der Waals surface area contributed by atoms with Gasteiger partial charge in [0.05, 0.1) is 5.56 Å². The van der Waals surface area contributed by atoms with Crippen LogP contribution >= 0.6 is 11.8 Å². The van der Waals surface area contributed by atoms with E-state index < -0.39 is 11.7 Å². The monoisotopic (exact) mass is 286 g/mol. The molecule has 0 aliphatic heterocycles. The Morgan fingerprint density at radius 3 is 2.53 bits per heavy atom. The number of hydrogen-bond acceptors (Lipinski definition) is 5. The molecule has 8 heteroatoms. The first-order valence-electron chi connectivity index (χ1n) is 5.13. The Bertz CT molecular complexity index is 557. The van der Waals surface area contributed by atoms with Gasteiger partial charge in [-0.15, -0.1) is 0 Å². The molecule has 19 heavy (non-hydrogen) atoms. The average Bonchev–Trinajstić information content (AvgIpc) is 2.38. The van der Waals surface area contributed by atoms with E-state index in [1.165, 1.54) is 17.8 Å². The zero-order valence-corrected chi connectivity index (χ0v) is 10.3. The van der Waals surface area contributed by atoms with Gasteiger partial charge >= 0.3 is 6.18 Å². The summed E-state index contributed by atoms with van der Waals surface area (Å²) < 4.78 is 37.1. The third-order valence-corrected chi connectivity index (χ3v) is 3.11. The second-order valence-corrected chi connectivity index (χ2v) is 4.60. The van der Waals surface area contributed by atoms with Gasteiger partial charge in [-0.1, -0.05) is 11.8 Å². The van der Waals surface area contributed by atoms with Crippen molar-refractivity contribution in [3.8, 4) is 0 Å². The lowest BCUT2D eigenvalue weighted by atomic mass is 10.3. The summed E-state index contributed by atoms with van der Waals surface area (Å²) in [6, 6.07) is 5.71. The fourth-order valence-electron chi connectivity index (χ4n) is 1.28. The van der Waals surface area contributed by atoms with Crippen molar-refractivity contribution < 1.29 is 13.2 Å². The predicted octanol–water partition coefficient (Wildman–Crippen LogP) is 2.93. The van der Waals surface area contributed by atoms with Crippen LogP contribution in [0.1, 0.15) is 5.56 Å². The molecule has 2 aromatic rings. The quantitative estimate of drug-likeness (QED) is 0.671. The van der Waals surface area contributed by atoms with Gasteiger partial charge in [-0.3, -0.25) is 0 Å². The van der Waals surface area contributed by atoms with Crippen molar-refractivity contribution in [2.24, 2.45) is 5.84 Å². The normalized spacial score (nSPS) is 11.4. The number of aromatic nitrogens is 2. The van der Waals surface area contributed by atoms with Crippen molar-refractivity contribution >= 4 is 17.6 Å². The molecule has 3 N–H and O–H groups in total. The highest BCUT2D eigenvalue weighted by Gasteiger charge is 2.30. The zero-order valence-electron chi connectivity index (χ0n) is 9.48. The third kappa shape index (κ3) is 3.58. The van der Waals surface area contributed by atoms with Crippen molar-refractivity contribution in [2.45, 2.75) is 16.1 Å². The minimum atomic E-state index is -4.37. The van der Waals surface area contributed by atoms with Crippen LogP contribution in [0.3, 0.4) is 0 Å². The predicted molar refractivity (Wildman–Crippen MR) is 65.4 cm³/mol. The number of anilines is 1. The number of halogens is 3. The molecule has 0 amide bonds. The highest BCUT2D eigenvalue weighted by Crippen LogP contribution is 2.31. The van der Waals surface area contributed by atoms with Crippen LogP contribution in [0.2, 0.25) is 0 Å². The second kappa shape index (κ2) is 5.45. The molecule has 2 rings (SSSR count). The van der Waals surface area contributed by atoms with Crippen molar-refractivity contribution in [1.82, 2.24) is 9.97 Å². The Morgan fingerprint density at radius 2 is 1.95 bits per heavy atom.